The van der Waals surface area contributed by atoms with Crippen molar-refractivity contribution >= 4 is 11.9 Å². The van der Waals surface area contributed by atoms with Crippen LogP contribution in [0.3, 0.4) is 0 Å². The molecule has 2 fully saturated rings. The molecule has 1 amide bonds. The smallest absolute Gasteiger partial charge is 0.407 e. The first kappa shape index (κ1) is 9.45. The summed E-state index contributed by atoms with van der Waals surface area (Å²) in [5.41, 5.74) is 0. The van der Waals surface area contributed by atoms with E-state index in [0.29, 0.717) is 25.9 Å². The van der Waals surface area contributed by atoms with Gasteiger partial charge in [-0.3, -0.25) is 9.69 Å². The van der Waals surface area contributed by atoms with Crippen LogP contribution in [-0.2, 0) is 4.79 Å². The third-order valence-corrected chi connectivity index (χ3v) is 3.21. The summed E-state index contributed by atoms with van der Waals surface area (Å²) >= 11 is 0. The first-order chi connectivity index (χ1) is 6.58. The number of fused-ring (bicyclic) bond motifs is 2. The summed E-state index contributed by atoms with van der Waals surface area (Å²) in [4.78, 5) is 25.7. The highest BCUT2D eigenvalue weighted by Gasteiger charge is 2.39. The zero-order chi connectivity index (χ0) is 10.3. The van der Waals surface area contributed by atoms with Crippen molar-refractivity contribution in [1.82, 2.24) is 9.80 Å². The summed E-state index contributed by atoms with van der Waals surface area (Å²) in [6.07, 6.45) is 0.121. The molecule has 2 bridgehead atoms. The molecule has 0 saturated carbocycles. The summed E-state index contributed by atoms with van der Waals surface area (Å²) < 4.78 is 0. The lowest BCUT2D eigenvalue weighted by molar-refractivity contribution is -0.127. The fraction of sp³-hybridized carbons (Fsp3) is 0.778. The number of nitrogens with zero attached hydrogens (tertiary/aromatic N) is 2. The van der Waals surface area contributed by atoms with Crippen LogP contribution in [0.4, 0.5) is 4.79 Å². The topological polar surface area (TPSA) is 60.9 Å². The predicted molar refractivity (Wildman–Crippen MR) is 49.2 cm³/mol. The molecule has 0 aromatic heterocycles. The van der Waals surface area contributed by atoms with Gasteiger partial charge < -0.3 is 10.0 Å². The lowest BCUT2D eigenvalue weighted by Gasteiger charge is -2.46. The molecule has 2 rings (SSSR count). The number of carbonyl (C=O) groups excluding carboxylic acids is 1. The van der Waals surface area contributed by atoms with E-state index in [9.17, 15) is 9.59 Å². The second-order valence-electron chi connectivity index (χ2n) is 4.11. The van der Waals surface area contributed by atoms with E-state index in [-0.39, 0.29) is 17.9 Å². The average Bonchev–Trinajstić information content (AvgIpc) is 2.06. The molecular formula is C9H14N2O3. The fourth-order valence-corrected chi connectivity index (χ4v) is 2.32. The van der Waals surface area contributed by atoms with Crippen molar-refractivity contribution in [3.8, 4) is 0 Å². The highest BCUT2D eigenvalue weighted by Crippen LogP contribution is 2.24. The van der Waals surface area contributed by atoms with Crippen molar-refractivity contribution < 1.29 is 14.7 Å². The summed E-state index contributed by atoms with van der Waals surface area (Å²) in [7, 11) is 1.97. The molecule has 2 unspecified atom stereocenters. The number of amides is 1. The van der Waals surface area contributed by atoms with Crippen LogP contribution < -0.4 is 0 Å². The number of hydrogen-bond acceptors (Lipinski definition) is 3. The summed E-state index contributed by atoms with van der Waals surface area (Å²) in [6.45, 7) is 0.933. The van der Waals surface area contributed by atoms with Crippen molar-refractivity contribution in [2.75, 3.05) is 20.1 Å². The Morgan fingerprint density at radius 1 is 1.36 bits per heavy atom. The Morgan fingerprint density at radius 2 is 1.86 bits per heavy atom. The van der Waals surface area contributed by atoms with Gasteiger partial charge in [-0.1, -0.05) is 0 Å². The number of rotatable bonds is 0. The van der Waals surface area contributed by atoms with Crippen LogP contribution in [0.5, 0.6) is 0 Å². The maximum Gasteiger partial charge on any atom is 0.407 e. The van der Waals surface area contributed by atoms with Crippen molar-refractivity contribution in [3.05, 3.63) is 0 Å². The Morgan fingerprint density at radius 3 is 2.29 bits per heavy atom. The quantitative estimate of drug-likeness (QED) is 0.595. The molecule has 0 aliphatic carbocycles. The number of piperidine rings is 1. The van der Waals surface area contributed by atoms with Gasteiger partial charge in [0.05, 0.1) is 0 Å². The minimum atomic E-state index is -0.873. The molecule has 78 valence electrons. The Labute approximate surface area is 82.3 Å². The number of likely N-dealkylation sites (N-methyl/N-ethyl adjacent to an activating group) is 1. The van der Waals surface area contributed by atoms with E-state index in [1.807, 2.05) is 7.05 Å². The van der Waals surface area contributed by atoms with Crippen LogP contribution in [0.1, 0.15) is 12.8 Å². The minimum Gasteiger partial charge on any atom is -0.465 e. The number of ketones is 1. The fourth-order valence-electron chi connectivity index (χ4n) is 2.32. The molecule has 5 nitrogen and oxygen atoms in total. The average molecular weight is 198 g/mol. The van der Waals surface area contributed by atoms with Crippen LogP contribution in [0, 0.1) is 0 Å². The summed E-state index contributed by atoms with van der Waals surface area (Å²) in [5, 5.41) is 8.87. The van der Waals surface area contributed by atoms with E-state index >= 15 is 0 Å². The second-order valence-corrected chi connectivity index (χ2v) is 4.11. The summed E-state index contributed by atoms with van der Waals surface area (Å²) in [5.74, 6) is 0.267. The lowest BCUT2D eigenvalue weighted by atomic mass is 9.91. The maximum atomic E-state index is 11.3. The standard InChI is InChI=1S/C9H14N2O3/c1-10-6-2-8(12)3-7(10)5-11(4-6)9(13)14/h6-7H,2-5H2,1H3,(H,13,14). The van der Waals surface area contributed by atoms with Crippen LogP contribution in [-0.4, -0.2) is 59.0 Å². The van der Waals surface area contributed by atoms with E-state index in [1.54, 1.807) is 0 Å². The van der Waals surface area contributed by atoms with Gasteiger partial charge in [0, 0.05) is 38.0 Å². The van der Waals surface area contributed by atoms with E-state index in [1.165, 1.54) is 4.90 Å². The van der Waals surface area contributed by atoms with Gasteiger partial charge in [-0.25, -0.2) is 4.79 Å². The van der Waals surface area contributed by atoms with Crippen LogP contribution in [0.15, 0.2) is 0 Å². The number of Topliss-reactive ketones (excluding diaryl/α,β-unsaturated/α-hetero) is 1. The first-order valence-corrected chi connectivity index (χ1v) is 4.79. The van der Waals surface area contributed by atoms with Gasteiger partial charge in [0.1, 0.15) is 5.78 Å². The van der Waals surface area contributed by atoms with E-state index < -0.39 is 6.09 Å². The van der Waals surface area contributed by atoms with Gasteiger partial charge in [0.25, 0.3) is 0 Å². The third kappa shape index (κ3) is 1.48. The maximum absolute atomic E-state index is 11.3. The molecule has 2 atom stereocenters. The number of carbonyl (C=O) groups is 2. The van der Waals surface area contributed by atoms with Crippen molar-refractivity contribution in [2.45, 2.75) is 24.9 Å². The van der Waals surface area contributed by atoms with Crippen LogP contribution in [0.2, 0.25) is 0 Å². The Hall–Kier alpha value is -1.10. The molecular weight excluding hydrogens is 184 g/mol. The molecule has 2 aliphatic rings. The lowest BCUT2D eigenvalue weighted by Crippen LogP contribution is -2.61. The van der Waals surface area contributed by atoms with E-state index in [0.717, 1.165) is 0 Å². The Balaban J connectivity index is 2.13. The molecule has 2 saturated heterocycles. The molecule has 0 spiro atoms. The van der Waals surface area contributed by atoms with Crippen molar-refractivity contribution in [2.24, 2.45) is 0 Å². The van der Waals surface area contributed by atoms with E-state index in [2.05, 4.69) is 4.90 Å². The SMILES string of the molecule is CN1C2CC(=O)CC1CN(C(=O)O)C2. The van der Waals surface area contributed by atoms with Crippen molar-refractivity contribution in [1.29, 1.82) is 0 Å². The van der Waals surface area contributed by atoms with Gasteiger partial charge in [0.2, 0.25) is 0 Å². The first-order valence-electron chi connectivity index (χ1n) is 4.79. The Kier molecular flexibility index (Phi) is 2.19. The zero-order valence-electron chi connectivity index (χ0n) is 8.14. The molecule has 14 heavy (non-hydrogen) atoms. The predicted octanol–water partition coefficient (Wildman–Crippen LogP) is 0.0119. The van der Waals surface area contributed by atoms with E-state index in [4.69, 9.17) is 5.11 Å². The van der Waals surface area contributed by atoms with Crippen LogP contribution >= 0.6 is 0 Å². The highest BCUT2D eigenvalue weighted by molar-refractivity contribution is 5.81. The second kappa shape index (κ2) is 3.24. The van der Waals surface area contributed by atoms with Crippen molar-refractivity contribution in [3.63, 3.8) is 0 Å². The summed E-state index contributed by atoms with van der Waals surface area (Å²) in [6, 6.07) is 0.178. The molecule has 1 N–H and O–H groups in total. The highest BCUT2D eigenvalue weighted by atomic mass is 16.4. The molecule has 2 heterocycles. The molecule has 0 radical (unpaired) electrons. The molecule has 2 aliphatic heterocycles. The normalized spacial score (nSPS) is 33.2. The van der Waals surface area contributed by atoms with Gasteiger partial charge in [-0.15, -0.1) is 0 Å². The zero-order valence-corrected chi connectivity index (χ0v) is 8.14. The number of carboxylic acid groups (broad SMARTS) is 1. The number of likely N-dealkylation sites (tertiary alicyclic amines) is 1. The molecule has 5 heteroatoms. The third-order valence-electron chi connectivity index (χ3n) is 3.21. The van der Waals surface area contributed by atoms with Crippen LogP contribution in [0.25, 0.3) is 0 Å². The molecule has 0 aromatic rings. The largest absolute Gasteiger partial charge is 0.465 e. The Bertz CT molecular complexity index is 261. The van der Waals surface area contributed by atoms with Gasteiger partial charge in [-0.2, -0.15) is 0 Å². The molecule has 0 aromatic carbocycles. The minimum absolute atomic E-state index is 0.0890. The number of piperazine rings is 1. The van der Waals surface area contributed by atoms with Gasteiger partial charge in [0.15, 0.2) is 0 Å². The monoisotopic (exact) mass is 198 g/mol. The van der Waals surface area contributed by atoms with Gasteiger partial charge in [-0.05, 0) is 7.05 Å². The van der Waals surface area contributed by atoms with Gasteiger partial charge >= 0.3 is 6.09 Å². The number of hydrogen-bond donors (Lipinski definition) is 1.